The van der Waals surface area contributed by atoms with E-state index in [4.69, 9.17) is 9.97 Å². The molecule has 60 heavy (non-hydrogen) atoms. The van der Waals surface area contributed by atoms with Crippen LogP contribution in [-0.4, -0.2) is 9.97 Å². The maximum absolute atomic E-state index is 5.15. The molecule has 0 atom stereocenters. The van der Waals surface area contributed by atoms with Gasteiger partial charge in [0.2, 0.25) is 0 Å². The van der Waals surface area contributed by atoms with Gasteiger partial charge in [-0.25, -0.2) is 9.97 Å². The number of hydrogen-bond donors (Lipinski definition) is 0. The second-order valence-electron chi connectivity index (χ2n) is 15.7. The number of benzene rings is 9. The SMILES string of the molecule is c1ccc(N2c3ccccc3C3(c4cc(-c5cc(-c6nc7ccccc7s6)cc(-c6nc7ccccc7s6)c5)ccc4-c4cc5ccccc5cc43)c3ccccc32)cc1. The van der Waals surface area contributed by atoms with Crippen molar-refractivity contribution in [2.24, 2.45) is 0 Å². The summed E-state index contributed by atoms with van der Waals surface area (Å²) in [5.74, 6) is 0. The summed E-state index contributed by atoms with van der Waals surface area (Å²) in [6.45, 7) is 0. The molecular formula is C55H33N3S2. The summed E-state index contributed by atoms with van der Waals surface area (Å²) in [6, 6.07) is 73.6. The zero-order valence-corrected chi connectivity index (χ0v) is 33.8. The fourth-order valence-electron chi connectivity index (χ4n) is 9.90. The van der Waals surface area contributed by atoms with Crippen molar-refractivity contribution in [3.05, 3.63) is 222 Å². The fourth-order valence-corrected chi connectivity index (χ4v) is 11.8. The molecule has 0 saturated heterocycles. The molecule has 0 bridgehead atoms. The molecule has 13 rings (SSSR count). The molecule has 0 fully saturated rings. The predicted molar refractivity (Wildman–Crippen MR) is 252 cm³/mol. The highest BCUT2D eigenvalue weighted by Gasteiger charge is 2.52. The normalized spacial score (nSPS) is 13.4. The molecule has 5 heteroatoms. The van der Waals surface area contributed by atoms with Crippen LogP contribution in [0.25, 0.3) is 74.6 Å². The Bertz CT molecular complexity index is 3320. The molecule has 1 aliphatic heterocycles. The van der Waals surface area contributed by atoms with Gasteiger partial charge >= 0.3 is 0 Å². The van der Waals surface area contributed by atoms with Crippen LogP contribution in [0.3, 0.4) is 0 Å². The third kappa shape index (κ3) is 4.88. The molecule has 3 nitrogen and oxygen atoms in total. The first kappa shape index (κ1) is 33.8. The summed E-state index contributed by atoms with van der Waals surface area (Å²) in [6.07, 6.45) is 0. The maximum atomic E-state index is 5.15. The highest BCUT2D eigenvalue weighted by molar-refractivity contribution is 7.22. The van der Waals surface area contributed by atoms with Gasteiger partial charge in [0.25, 0.3) is 0 Å². The lowest BCUT2D eigenvalue weighted by Gasteiger charge is -2.45. The van der Waals surface area contributed by atoms with Crippen LogP contribution in [0.15, 0.2) is 200 Å². The highest BCUT2D eigenvalue weighted by atomic mass is 32.1. The first-order valence-electron chi connectivity index (χ1n) is 20.3. The molecule has 1 aliphatic carbocycles. The van der Waals surface area contributed by atoms with E-state index in [1.807, 2.05) is 0 Å². The van der Waals surface area contributed by atoms with Gasteiger partial charge in [-0.2, -0.15) is 0 Å². The van der Waals surface area contributed by atoms with Gasteiger partial charge in [0.05, 0.1) is 37.2 Å². The molecule has 0 N–H and O–H groups in total. The second-order valence-corrected chi connectivity index (χ2v) is 17.8. The Morgan fingerprint density at radius 3 is 1.52 bits per heavy atom. The zero-order chi connectivity index (χ0) is 39.4. The van der Waals surface area contributed by atoms with Gasteiger partial charge in [0, 0.05) is 16.8 Å². The van der Waals surface area contributed by atoms with Gasteiger partial charge in [0.15, 0.2) is 0 Å². The van der Waals surface area contributed by atoms with E-state index in [9.17, 15) is 0 Å². The van der Waals surface area contributed by atoms with Crippen LogP contribution in [0.2, 0.25) is 0 Å². The van der Waals surface area contributed by atoms with Crippen LogP contribution in [0.4, 0.5) is 17.1 Å². The zero-order valence-electron chi connectivity index (χ0n) is 32.2. The van der Waals surface area contributed by atoms with Crippen molar-refractivity contribution in [2.75, 3.05) is 4.90 Å². The van der Waals surface area contributed by atoms with Crippen molar-refractivity contribution >= 4 is 70.9 Å². The smallest absolute Gasteiger partial charge is 0.124 e. The number of rotatable bonds is 4. The van der Waals surface area contributed by atoms with Gasteiger partial charge in [-0.05, 0) is 140 Å². The van der Waals surface area contributed by atoms with Gasteiger partial charge in [-0.1, -0.05) is 115 Å². The van der Waals surface area contributed by atoms with E-state index in [1.165, 1.54) is 64.9 Å². The Kier molecular flexibility index (Phi) is 7.26. The Balaban J connectivity index is 1.10. The van der Waals surface area contributed by atoms with Gasteiger partial charge in [-0.3, -0.25) is 0 Å². The maximum Gasteiger partial charge on any atom is 0.124 e. The van der Waals surface area contributed by atoms with E-state index in [2.05, 4.69) is 205 Å². The van der Waals surface area contributed by atoms with Crippen molar-refractivity contribution in [3.8, 4) is 43.4 Å². The van der Waals surface area contributed by atoms with E-state index >= 15 is 0 Å². The highest BCUT2D eigenvalue weighted by Crippen LogP contribution is 2.64. The second kappa shape index (κ2) is 12.9. The van der Waals surface area contributed by atoms with Crippen molar-refractivity contribution in [3.63, 3.8) is 0 Å². The minimum atomic E-state index is -0.580. The molecular weight excluding hydrogens is 767 g/mol. The number of para-hydroxylation sites is 5. The van der Waals surface area contributed by atoms with Gasteiger partial charge < -0.3 is 4.90 Å². The minimum Gasteiger partial charge on any atom is -0.310 e. The van der Waals surface area contributed by atoms with Gasteiger partial charge in [-0.15, -0.1) is 22.7 Å². The number of anilines is 3. The standard InChI is InChI=1S/C55H33N3S2/c1-2-16-40(17-3-1)58-49-22-10-6-18-43(49)55(44-19-7-11-23-50(44)58)45-33-36(26-27-41(45)42-31-34-14-4-5-15-35(34)32-46(42)55)37-28-38(53-56-47-20-8-12-24-51(47)59-53)30-39(29-37)54-57-48-21-9-13-25-52(48)60-54/h1-33H. The first-order chi connectivity index (χ1) is 29.7. The molecule has 3 heterocycles. The lowest BCUT2D eigenvalue weighted by Crippen LogP contribution is -2.36. The number of nitrogens with zero attached hydrogens (tertiary/aromatic N) is 3. The molecule has 280 valence electrons. The van der Waals surface area contributed by atoms with E-state index in [0.29, 0.717) is 0 Å². The third-order valence-electron chi connectivity index (χ3n) is 12.5. The summed E-state index contributed by atoms with van der Waals surface area (Å²) >= 11 is 3.49. The van der Waals surface area contributed by atoms with Crippen LogP contribution in [0.1, 0.15) is 22.3 Å². The number of hydrogen-bond acceptors (Lipinski definition) is 5. The molecule has 0 radical (unpaired) electrons. The topological polar surface area (TPSA) is 29.0 Å². The monoisotopic (exact) mass is 799 g/mol. The lowest BCUT2D eigenvalue weighted by atomic mass is 9.64. The largest absolute Gasteiger partial charge is 0.310 e. The van der Waals surface area contributed by atoms with E-state index in [-0.39, 0.29) is 0 Å². The van der Waals surface area contributed by atoms with Crippen LogP contribution in [-0.2, 0) is 5.41 Å². The number of fused-ring (bicyclic) bond motifs is 12. The fraction of sp³-hybridized carbons (Fsp3) is 0.0182. The molecule has 0 saturated carbocycles. The number of aromatic nitrogens is 2. The average Bonchev–Trinajstić information content (AvgIpc) is 4.02. The summed E-state index contributed by atoms with van der Waals surface area (Å²) in [5.41, 5.74) is 17.2. The molecule has 9 aromatic carbocycles. The van der Waals surface area contributed by atoms with Crippen molar-refractivity contribution < 1.29 is 0 Å². The average molecular weight is 800 g/mol. The molecule has 11 aromatic rings. The summed E-state index contributed by atoms with van der Waals surface area (Å²) in [5, 5.41) is 4.50. The Hall–Kier alpha value is -7.18. The van der Waals surface area contributed by atoms with Crippen LogP contribution in [0.5, 0.6) is 0 Å². The van der Waals surface area contributed by atoms with E-state index in [0.717, 1.165) is 49.0 Å². The molecule has 1 spiro atoms. The molecule has 0 amide bonds. The van der Waals surface area contributed by atoms with Crippen molar-refractivity contribution in [1.29, 1.82) is 0 Å². The predicted octanol–water partition coefficient (Wildman–Crippen LogP) is 15.2. The Morgan fingerprint density at radius 1 is 0.367 bits per heavy atom. The Morgan fingerprint density at radius 2 is 0.883 bits per heavy atom. The molecule has 2 aliphatic rings. The van der Waals surface area contributed by atoms with Crippen molar-refractivity contribution in [1.82, 2.24) is 9.97 Å². The van der Waals surface area contributed by atoms with Crippen molar-refractivity contribution in [2.45, 2.75) is 5.41 Å². The minimum absolute atomic E-state index is 0.580. The summed E-state index contributed by atoms with van der Waals surface area (Å²) in [7, 11) is 0. The van der Waals surface area contributed by atoms with Crippen LogP contribution in [0, 0.1) is 0 Å². The van der Waals surface area contributed by atoms with Crippen LogP contribution >= 0.6 is 22.7 Å². The van der Waals surface area contributed by atoms with E-state index < -0.39 is 5.41 Å². The Labute approximate surface area is 355 Å². The molecule has 0 unspecified atom stereocenters. The van der Waals surface area contributed by atoms with E-state index in [1.54, 1.807) is 22.7 Å². The summed E-state index contributed by atoms with van der Waals surface area (Å²) < 4.78 is 2.37. The van der Waals surface area contributed by atoms with Crippen LogP contribution < -0.4 is 4.90 Å². The number of thiazole rings is 2. The first-order valence-corrected chi connectivity index (χ1v) is 21.9. The van der Waals surface area contributed by atoms with Gasteiger partial charge in [0.1, 0.15) is 10.0 Å². The third-order valence-corrected chi connectivity index (χ3v) is 14.6. The summed E-state index contributed by atoms with van der Waals surface area (Å²) in [4.78, 5) is 12.8. The lowest BCUT2D eigenvalue weighted by molar-refractivity contribution is 0.754. The quantitative estimate of drug-likeness (QED) is 0.178. The molecule has 2 aromatic heterocycles.